The summed E-state index contributed by atoms with van der Waals surface area (Å²) in [5, 5.41) is 11.1. The Balaban J connectivity index is 1.93. The number of hydrogen-bond acceptors (Lipinski definition) is 4. The molecule has 1 aliphatic heterocycles. The number of fused-ring (bicyclic) bond motifs is 2. The number of aliphatic hydroxyl groups is 1. The molecule has 142 valence electrons. The van der Waals surface area contributed by atoms with Gasteiger partial charge in [0.2, 0.25) is 5.28 Å². The van der Waals surface area contributed by atoms with Crippen LogP contribution >= 0.6 is 23.2 Å². The predicted octanol–water partition coefficient (Wildman–Crippen LogP) is 5.65. The maximum atomic E-state index is 15.1. The highest BCUT2D eigenvalue weighted by molar-refractivity contribution is 6.33. The standard InChI is InChI=1S/C20H20Cl2FN3O/c1-19(2,27)17-20(6-4-3-5-7-20)12-8-11(9-14(23)16(12)25-17)15-13(21)10-24-18(22)26-15/h8-10,27H,3-7H2,1-2H3. The lowest BCUT2D eigenvalue weighted by Gasteiger charge is -2.40. The fraction of sp³-hybridized carbons (Fsp3) is 0.450. The summed E-state index contributed by atoms with van der Waals surface area (Å²) in [4.78, 5) is 12.6. The van der Waals surface area contributed by atoms with Crippen LogP contribution in [0.5, 0.6) is 0 Å². The van der Waals surface area contributed by atoms with E-state index < -0.39 is 16.8 Å². The van der Waals surface area contributed by atoms with Gasteiger partial charge in [-0.3, -0.25) is 4.99 Å². The molecule has 0 saturated heterocycles. The second kappa shape index (κ2) is 6.50. The first-order chi connectivity index (χ1) is 12.7. The average molecular weight is 408 g/mol. The molecule has 0 unspecified atom stereocenters. The third-order valence-electron chi connectivity index (χ3n) is 5.53. The Morgan fingerprint density at radius 2 is 1.85 bits per heavy atom. The lowest BCUT2D eigenvalue weighted by Crippen LogP contribution is -2.47. The quantitative estimate of drug-likeness (QED) is 0.654. The van der Waals surface area contributed by atoms with Crippen LogP contribution in [0.25, 0.3) is 11.3 Å². The van der Waals surface area contributed by atoms with Crippen LogP contribution in [0.15, 0.2) is 23.3 Å². The molecule has 2 aromatic rings. The first-order valence-electron chi connectivity index (χ1n) is 9.07. The van der Waals surface area contributed by atoms with Crippen molar-refractivity contribution in [2.24, 2.45) is 4.99 Å². The second-order valence-corrected chi connectivity index (χ2v) is 8.60. The topological polar surface area (TPSA) is 58.4 Å². The molecule has 1 fully saturated rings. The minimum Gasteiger partial charge on any atom is -0.384 e. The molecule has 1 aliphatic carbocycles. The minimum atomic E-state index is -1.13. The van der Waals surface area contributed by atoms with Gasteiger partial charge in [0.15, 0.2) is 0 Å². The Bertz CT molecular complexity index is 947. The molecule has 0 atom stereocenters. The van der Waals surface area contributed by atoms with Crippen LogP contribution in [0.2, 0.25) is 10.3 Å². The van der Waals surface area contributed by atoms with E-state index in [-0.39, 0.29) is 5.28 Å². The highest BCUT2D eigenvalue weighted by atomic mass is 35.5. The predicted molar refractivity (Wildman–Crippen MR) is 106 cm³/mol. The molecule has 1 spiro atoms. The molecule has 27 heavy (non-hydrogen) atoms. The Labute approximate surface area is 167 Å². The number of aliphatic imine (C=N–C) groups is 1. The maximum absolute atomic E-state index is 15.1. The summed E-state index contributed by atoms with van der Waals surface area (Å²) in [6.07, 6.45) is 6.24. The lowest BCUT2D eigenvalue weighted by atomic mass is 9.64. The van der Waals surface area contributed by atoms with E-state index in [0.717, 1.165) is 37.7 Å². The van der Waals surface area contributed by atoms with Gasteiger partial charge in [-0.2, -0.15) is 0 Å². The molecule has 4 rings (SSSR count). The summed E-state index contributed by atoms with van der Waals surface area (Å²) in [5.74, 6) is -0.447. The smallest absolute Gasteiger partial charge is 0.222 e. The van der Waals surface area contributed by atoms with Gasteiger partial charge < -0.3 is 5.11 Å². The second-order valence-electron chi connectivity index (χ2n) is 7.85. The van der Waals surface area contributed by atoms with E-state index in [1.807, 2.05) is 6.07 Å². The first-order valence-corrected chi connectivity index (χ1v) is 9.82. The fourth-order valence-electron chi connectivity index (χ4n) is 4.49. The Hall–Kier alpha value is -1.56. The van der Waals surface area contributed by atoms with Crippen LogP contribution in [0, 0.1) is 5.82 Å². The molecule has 7 heteroatoms. The SMILES string of the molecule is CC(C)(O)C1=Nc2c(F)cc(-c3nc(Cl)ncc3Cl)cc2C12CCCCC2. The van der Waals surface area contributed by atoms with Crippen LogP contribution in [-0.2, 0) is 5.41 Å². The van der Waals surface area contributed by atoms with Crippen molar-refractivity contribution in [3.05, 3.63) is 40.0 Å². The zero-order valence-corrected chi connectivity index (χ0v) is 16.7. The Morgan fingerprint density at radius 3 is 2.52 bits per heavy atom. The van der Waals surface area contributed by atoms with Crippen molar-refractivity contribution in [3.63, 3.8) is 0 Å². The van der Waals surface area contributed by atoms with Crippen LogP contribution in [0.4, 0.5) is 10.1 Å². The minimum absolute atomic E-state index is 0.0520. The van der Waals surface area contributed by atoms with Gasteiger partial charge in [0, 0.05) is 11.0 Å². The van der Waals surface area contributed by atoms with Crippen molar-refractivity contribution in [3.8, 4) is 11.3 Å². The molecule has 2 aliphatic rings. The van der Waals surface area contributed by atoms with Crippen LogP contribution in [-0.4, -0.2) is 26.4 Å². The number of hydrogen-bond donors (Lipinski definition) is 1. The van der Waals surface area contributed by atoms with Crippen LogP contribution < -0.4 is 0 Å². The van der Waals surface area contributed by atoms with Gasteiger partial charge in [0.1, 0.15) is 11.5 Å². The molecule has 0 amide bonds. The zero-order chi connectivity index (χ0) is 19.4. The molecule has 4 nitrogen and oxygen atoms in total. The molecule has 1 aromatic heterocycles. The van der Waals surface area contributed by atoms with Gasteiger partial charge in [-0.05, 0) is 56.0 Å². The molecular weight excluding hydrogens is 388 g/mol. The van der Waals surface area contributed by atoms with Crippen molar-refractivity contribution in [1.29, 1.82) is 0 Å². The van der Waals surface area contributed by atoms with Gasteiger partial charge in [0.25, 0.3) is 0 Å². The van der Waals surface area contributed by atoms with Gasteiger partial charge in [0.05, 0.1) is 28.2 Å². The summed E-state index contributed by atoms with van der Waals surface area (Å²) in [5.41, 5.74) is 1.12. The molecule has 1 aromatic carbocycles. The van der Waals surface area contributed by atoms with E-state index in [4.69, 9.17) is 23.2 Å². The van der Waals surface area contributed by atoms with Crippen molar-refractivity contribution in [1.82, 2.24) is 9.97 Å². The molecule has 2 heterocycles. The number of nitrogens with zero attached hydrogens (tertiary/aromatic N) is 3. The van der Waals surface area contributed by atoms with Gasteiger partial charge in [-0.15, -0.1) is 0 Å². The lowest BCUT2D eigenvalue weighted by molar-refractivity contribution is 0.142. The number of benzene rings is 1. The van der Waals surface area contributed by atoms with Crippen molar-refractivity contribution < 1.29 is 9.50 Å². The van der Waals surface area contributed by atoms with Gasteiger partial charge in [-0.25, -0.2) is 14.4 Å². The summed E-state index contributed by atoms with van der Waals surface area (Å²) in [6.45, 7) is 3.43. The van der Waals surface area contributed by atoms with Gasteiger partial charge in [-0.1, -0.05) is 30.9 Å². The molecular formula is C20H20Cl2FN3O. The van der Waals surface area contributed by atoms with Crippen LogP contribution in [0.3, 0.4) is 0 Å². The summed E-state index contributed by atoms with van der Waals surface area (Å²) < 4.78 is 15.1. The molecule has 1 N–H and O–H groups in total. The monoisotopic (exact) mass is 407 g/mol. The highest BCUT2D eigenvalue weighted by Gasteiger charge is 2.49. The van der Waals surface area contributed by atoms with E-state index in [9.17, 15) is 5.11 Å². The third-order valence-corrected chi connectivity index (χ3v) is 5.99. The Morgan fingerprint density at radius 1 is 1.15 bits per heavy atom. The van der Waals surface area contributed by atoms with E-state index >= 15 is 4.39 Å². The number of halogens is 3. The largest absolute Gasteiger partial charge is 0.384 e. The maximum Gasteiger partial charge on any atom is 0.222 e. The molecule has 1 saturated carbocycles. The first kappa shape index (κ1) is 18.8. The highest BCUT2D eigenvalue weighted by Crippen LogP contribution is 2.53. The molecule has 0 radical (unpaired) electrons. The average Bonchev–Trinajstić information content (AvgIpc) is 2.92. The molecule has 0 bridgehead atoms. The number of aromatic nitrogens is 2. The van der Waals surface area contributed by atoms with E-state index in [1.165, 1.54) is 12.3 Å². The third kappa shape index (κ3) is 3.06. The summed E-state index contributed by atoms with van der Waals surface area (Å²) >= 11 is 12.2. The fourth-order valence-corrected chi connectivity index (χ4v) is 4.83. The number of rotatable bonds is 2. The summed E-state index contributed by atoms with van der Waals surface area (Å²) in [6, 6.07) is 3.27. The van der Waals surface area contributed by atoms with Crippen LogP contribution in [0.1, 0.15) is 51.5 Å². The van der Waals surface area contributed by atoms with Crippen molar-refractivity contribution in [2.75, 3.05) is 0 Å². The summed E-state index contributed by atoms with van der Waals surface area (Å²) in [7, 11) is 0. The van der Waals surface area contributed by atoms with E-state index in [2.05, 4.69) is 15.0 Å². The van der Waals surface area contributed by atoms with Gasteiger partial charge >= 0.3 is 0 Å². The van der Waals surface area contributed by atoms with E-state index in [1.54, 1.807) is 13.8 Å². The normalized spacial score (nSPS) is 18.5. The Kier molecular flexibility index (Phi) is 4.53. The van der Waals surface area contributed by atoms with E-state index in [0.29, 0.717) is 27.7 Å². The zero-order valence-electron chi connectivity index (χ0n) is 15.2. The van der Waals surface area contributed by atoms with Crippen molar-refractivity contribution in [2.45, 2.75) is 57.0 Å². The van der Waals surface area contributed by atoms with Crippen molar-refractivity contribution >= 4 is 34.6 Å².